The molecule has 0 radical (unpaired) electrons. The van der Waals surface area contributed by atoms with E-state index in [9.17, 15) is 18.0 Å². The van der Waals surface area contributed by atoms with E-state index in [1.54, 1.807) is 0 Å². The van der Waals surface area contributed by atoms with Gasteiger partial charge in [-0.1, -0.05) is 18.2 Å². The Morgan fingerprint density at radius 2 is 1.56 bits per heavy atom. The summed E-state index contributed by atoms with van der Waals surface area (Å²) in [7, 11) is 0. The van der Waals surface area contributed by atoms with Crippen LogP contribution in [0.5, 0.6) is 0 Å². The third-order valence-corrected chi connectivity index (χ3v) is 2.48. The lowest BCUT2D eigenvalue weighted by Crippen LogP contribution is -2.01. The van der Waals surface area contributed by atoms with E-state index in [0.717, 1.165) is 12.1 Å². The van der Waals surface area contributed by atoms with Gasteiger partial charge in [0.2, 0.25) is 0 Å². The minimum absolute atomic E-state index is 0.00130. The molecule has 0 heterocycles. The van der Waals surface area contributed by atoms with Gasteiger partial charge >= 0.3 is 5.97 Å². The zero-order valence-corrected chi connectivity index (χ0v) is 8.95. The number of carbonyl (C=O) groups is 1. The molecule has 0 saturated carbocycles. The Balaban J connectivity index is 2.70. The molecular formula is C13H7F3O2. The molecule has 18 heavy (non-hydrogen) atoms. The van der Waals surface area contributed by atoms with E-state index in [1.807, 2.05) is 0 Å². The minimum Gasteiger partial charge on any atom is -0.478 e. The first-order valence-electron chi connectivity index (χ1n) is 4.98. The molecule has 0 unspecified atom stereocenters. The van der Waals surface area contributed by atoms with E-state index in [4.69, 9.17) is 5.11 Å². The highest BCUT2D eigenvalue weighted by atomic mass is 19.2. The third-order valence-electron chi connectivity index (χ3n) is 2.48. The topological polar surface area (TPSA) is 37.3 Å². The summed E-state index contributed by atoms with van der Waals surface area (Å²) in [6.07, 6.45) is 0. The largest absolute Gasteiger partial charge is 0.478 e. The van der Waals surface area contributed by atoms with Crippen molar-refractivity contribution in [3.63, 3.8) is 0 Å². The summed E-state index contributed by atoms with van der Waals surface area (Å²) in [5.41, 5.74) is -0.462. The molecule has 0 fully saturated rings. The minimum atomic E-state index is -1.62. The smallest absolute Gasteiger partial charge is 0.336 e. The van der Waals surface area contributed by atoms with Crippen molar-refractivity contribution in [3.05, 3.63) is 59.4 Å². The summed E-state index contributed by atoms with van der Waals surface area (Å²) < 4.78 is 39.5. The first-order chi connectivity index (χ1) is 8.52. The van der Waals surface area contributed by atoms with Gasteiger partial charge in [0.05, 0.1) is 5.56 Å². The summed E-state index contributed by atoms with van der Waals surface area (Å²) >= 11 is 0. The van der Waals surface area contributed by atoms with Gasteiger partial charge in [-0.3, -0.25) is 0 Å². The summed E-state index contributed by atoms with van der Waals surface area (Å²) in [5, 5.41) is 8.95. The molecule has 0 bridgehead atoms. The highest BCUT2D eigenvalue weighted by Crippen LogP contribution is 2.28. The molecule has 0 atom stereocenters. The molecule has 0 saturated heterocycles. The van der Waals surface area contributed by atoms with Crippen molar-refractivity contribution in [3.8, 4) is 11.1 Å². The van der Waals surface area contributed by atoms with Crippen molar-refractivity contribution in [2.24, 2.45) is 0 Å². The number of aromatic carboxylic acids is 1. The molecular weight excluding hydrogens is 245 g/mol. The first-order valence-corrected chi connectivity index (χ1v) is 4.98. The van der Waals surface area contributed by atoms with Gasteiger partial charge in [-0.2, -0.15) is 0 Å². The molecule has 5 heteroatoms. The van der Waals surface area contributed by atoms with Crippen molar-refractivity contribution >= 4 is 5.97 Å². The number of hydrogen-bond donors (Lipinski definition) is 1. The Kier molecular flexibility index (Phi) is 3.06. The molecule has 0 aromatic heterocycles. The molecule has 1 N–H and O–H groups in total. The normalized spacial score (nSPS) is 10.4. The van der Waals surface area contributed by atoms with Crippen molar-refractivity contribution in [2.45, 2.75) is 0 Å². The van der Waals surface area contributed by atoms with E-state index in [-0.39, 0.29) is 16.7 Å². The second-order valence-corrected chi connectivity index (χ2v) is 3.57. The van der Waals surface area contributed by atoms with Gasteiger partial charge in [0.1, 0.15) is 0 Å². The van der Waals surface area contributed by atoms with Gasteiger partial charge in [0.25, 0.3) is 0 Å². The van der Waals surface area contributed by atoms with E-state index >= 15 is 0 Å². The molecule has 0 aliphatic carbocycles. The van der Waals surface area contributed by atoms with E-state index in [0.29, 0.717) is 0 Å². The highest BCUT2D eigenvalue weighted by Gasteiger charge is 2.18. The lowest BCUT2D eigenvalue weighted by atomic mass is 9.99. The van der Waals surface area contributed by atoms with Crippen LogP contribution in [0.15, 0.2) is 36.4 Å². The number of halogens is 3. The maximum atomic E-state index is 13.6. The summed E-state index contributed by atoms with van der Waals surface area (Å²) in [4.78, 5) is 11.0. The monoisotopic (exact) mass is 252 g/mol. The molecule has 0 aliphatic rings. The summed E-state index contributed by atoms with van der Waals surface area (Å²) in [6.45, 7) is 0. The van der Waals surface area contributed by atoms with E-state index in [1.165, 1.54) is 24.3 Å². The average molecular weight is 252 g/mol. The first kappa shape index (κ1) is 12.2. The van der Waals surface area contributed by atoms with Crippen molar-refractivity contribution in [1.82, 2.24) is 0 Å². The molecule has 2 aromatic rings. The number of benzene rings is 2. The lowest BCUT2D eigenvalue weighted by Gasteiger charge is -2.08. The van der Waals surface area contributed by atoms with Crippen molar-refractivity contribution < 1.29 is 23.1 Å². The van der Waals surface area contributed by atoms with Gasteiger partial charge < -0.3 is 5.11 Å². The zero-order valence-electron chi connectivity index (χ0n) is 8.95. The maximum Gasteiger partial charge on any atom is 0.336 e. The Morgan fingerprint density at radius 1 is 0.889 bits per heavy atom. The Labute approximate surface area is 100 Å². The molecule has 92 valence electrons. The van der Waals surface area contributed by atoms with Crippen LogP contribution in [0.3, 0.4) is 0 Å². The second-order valence-electron chi connectivity index (χ2n) is 3.57. The van der Waals surface area contributed by atoms with Gasteiger partial charge in [-0.05, 0) is 23.8 Å². The molecule has 2 aromatic carbocycles. The molecule has 2 nitrogen and oxygen atoms in total. The Bertz CT molecular complexity index is 624. The van der Waals surface area contributed by atoms with Crippen LogP contribution < -0.4 is 0 Å². The van der Waals surface area contributed by atoms with Crippen molar-refractivity contribution in [2.75, 3.05) is 0 Å². The van der Waals surface area contributed by atoms with Crippen LogP contribution in [0.25, 0.3) is 11.1 Å². The Morgan fingerprint density at radius 3 is 2.22 bits per heavy atom. The van der Waals surface area contributed by atoms with Gasteiger partial charge in [0, 0.05) is 5.56 Å². The second kappa shape index (κ2) is 4.52. The molecule has 0 spiro atoms. The fourth-order valence-electron chi connectivity index (χ4n) is 1.64. The lowest BCUT2D eigenvalue weighted by molar-refractivity contribution is 0.0697. The van der Waals surface area contributed by atoms with Crippen LogP contribution in [0, 0.1) is 17.5 Å². The average Bonchev–Trinajstić information content (AvgIpc) is 2.36. The fraction of sp³-hybridized carbons (Fsp3) is 0. The quantitative estimate of drug-likeness (QED) is 0.831. The number of carboxylic acid groups (broad SMARTS) is 1. The van der Waals surface area contributed by atoms with Crippen LogP contribution in [0.2, 0.25) is 0 Å². The van der Waals surface area contributed by atoms with Gasteiger partial charge in [0.15, 0.2) is 17.5 Å². The third kappa shape index (κ3) is 1.95. The zero-order chi connectivity index (χ0) is 13.3. The van der Waals surface area contributed by atoms with Gasteiger partial charge in [-0.15, -0.1) is 0 Å². The number of carboxylic acids is 1. The molecule has 0 aliphatic heterocycles. The van der Waals surface area contributed by atoms with Gasteiger partial charge in [-0.25, -0.2) is 18.0 Å². The van der Waals surface area contributed by atoms with Crippen LogP contribution in [-0.4, -0.2) is 11.1 Å². The predicted molar refractivity (Wildman–Crippen MR) is 58.7 cm³/mol. The maximum absolute atomic E-state index is 13.6. The fourth-order valence-corrected chi connectivity index (χ4v) is 1.64. The summed E-state index contributed by atoms with van der Waals surface area (Å²) in [6, 6.07) is 7.31. The Hall–Kier alpha value is -2.30. The van der Waals surface area contributed by atoms with Crippen LogP contribution in [0.4, 0.5) is 13.2 Å². The van der Waals surface area contributed by atoms with Crippen molar-refractivity contribution in [1.29, 1.82) is 0 Å². The summed E-state index contributed by atoms with van der Waals surface area (Å²) in [5.74, 6) is -5.60. The SMILES string of the molecule is O=C(O)c1ccccc1-c1ccc(F)c(F)c1F. The van der Waals surface area contributed by atoms with E-state index < -0.39 is 23.4 Å². The molecule has 0 amide bonds. The van der Waals surface area contributed by atoms with Crippen LogP contribution >= 0.6 is 0 Å². The van der Waals surface area contributed by atoms with Crippen LogP contribution in [-0.2, 0) is 0 Å². The van der Waals surface area contributed by atoms with E-state index in [2.05, 4.69) is 0 Å². The predicted octanol–water partition coefficient (Wildman–Crippen LogP) is 3.47. The molecule has 2 rings (SSSR count). The standard InChI is InChI=1S/C13H7F3O2/c14-10-6-5-8(11(15)12(10)16)7-3-1-2-4-9(7)13(17)18/h1-6H,(H,17,18). The highest BCUT2D eigenvalue weighted by molar-refractivity contribution is 5.96. The van der Waals surface area contributed by atoms with Crippen LogP contribution in [0.1, 0.15) is 10.4 Å². The number of rotatable bonds is 2. The number of hydrogen-bond acceptors (Lipinski definition) is 1.